The second-order valence-corrected chi connectivity index (χ2v) is 3.28. The Morgan fingerprint density at radius 3 is 2.29 bits per heavy atom. The molecule has 0 radical (unpaired) electrons. The monoisotopic (exact) mass is 239 g/mol. The number of rotatable bonds is 4. The molecule has 0 aliphatic rings. The number of carbonyl (C=O) groups is 1. The summed E-state index contributed by atoms with van der Waals surface area (Å²) in [4.78, 5) is 31.1. The standard InChI is InChI=1S/C9H9N3O5/c1-5-7(9(13)4-10)2-6(11(14)15)3-8(5)12(16)17/h2-3H,4,10H2,1H3. The molecular weight excluding hydrogens is 230 g/mol. The SMILES string of the molecule is Cc1c(C(=O)CN)cc([N+](=O)[O-])cc1[N+](=O)[O-]. The van der Waals surface area contributed by atoms with Crippen molar-refractivity contribution in [2.45, 2.75) is 6.92 Å². The maximum Gasteiger partial charge on any atom is 0.279 e. The van der Waals surface area contributed by atoms with E-state index in [9.17, 15) is 25.0 Å². The van der Waals surface area contributed by atoms with Crippen molar-refractivity contribution in [1.29, 1.82) is 0 Å². The van der Waals surface area contributed by atoms with E-state index in [1.54, 1.807) is 0 Å². The van der Waals surface area contributed by atoms with Gasteiger partial charge < -0.3 is 5.73 Å². The van der Waals surface area contributed by atoms with Crippen LogP contribution in [0.2, 0.25) is 0 Å². The number of hydrogen-bond acceptors (Lipinski definition) is 6. The highest BCUT2D eigenvalue weighted by Crippen LogP contribution is 2.28. The van der Waals surface area contributed by atoms with Crippen LogP contribution in [0, 0.1) is 27.2 Å². The van der Waals surface area contributed by atoms with Crippen LogP contribution in [0.3, 0.4) is 0 Å². The van der Waals surface area contributed by atoms with E-state index in [1.165, 1.54) is 6.92 Å². The molecule has 0 atom stereocenters. The molecule has 0 bridgehead atoms. The summed E-state index contributed by atoms with van der Waals surface area (Å²) in [7, 11) is 0. The molecule has 1 rings (SSSR count). The lowest BCUT2D eigenvalue weighted by molar-refractivity contribution is -0.394. The van der Waals surface area contributed by atoms with Crippen molar-refractivity contribution in [2.75, 3.05) is 6.54 Å². The van der Waals surface area contributed by atoms with Gasteiger partial charge in [-0.2, -0.15) is 0 Å². The number of nitrogens with zero attached hydrogens (tertiary/aromatic N) is 2. The Morgan fingerprint density at radius 1 is 1.29 bits per heavy atom. The number of nitro benzene ring substituents is 2. The smallest absolute Gasteiger partial charge is 0.279 e. The fourth-order valence-corrected chi connectivity index (χ4v) is 1.38. The van der Waals surface area contributed by atoms with Crippen molar-refractivity contribution in [1.82, 2.24) is 0 Å². The van der Waals surface area contributed by atoms with Gasteiger partial charge in [0.2, 0.25) is 0 Å². The summed E-state index contributed by atoms with van der Waals surface area (Å²) in [5.74, 6) is -0.575. The highest BCUT2D eigenvalue weighted by atomic mass is 16.6. The average molecular weight is 239 g/mol. The molecule has 0 aliphatic heterocycles. The van der Waals surface area contributed by atoms with E-state index in [4.69, 9.17) is 5.73 Å². The van der Waals surface area contributed by atoms with Gasteiger partial charge in [-0.25, -0.2) is 0 Å². The van der Waals surface area contributed by atoms with Crippen LogP contribution in [0.5, 0.6) is 0 Å². The fourth-order valence-electron chi connectivity index (χ4n) is 1.38. The number of ketones is 1. The van der Waals surface area contributed by atoms with Gasteiger partial charge in [-0.3, -0.25) is 25.0 Å². The van der Waals surface area contributed by atoms with E-state index in [0.29, 0.717) is 0 Å². The Morgan fingerprint density at radius 2 is 1.88 bits per heavy atom. The summed E-state index contributed by atoms with van der Waals surface area (Å²) in [6.45, 7) is 0.990. The van der Waals surface area contributed by atoms with Crippen molar-refractivity contribution >= 4 is 17.2 Å². The summed E-state index contributed by atoms with van der Waals surface area (Å²) >= 11 is 0. The van der Waals surface area contributed by atoms with E-state index >= 15 is 0 Å². The Hall–Kier alpha value is -2.35. The minimum absolute atomic E-state index is 0.0797. The van der Waals surface area contributed by atoms with Gasteiger partial charge in [0.25, 0.3) is 11.4 Å². The lowest BCUT2D eigenvalue weighted by Gasteiger charge is -2.04. The van der Waals surface area contributed by atoms with Crippen molar-refractivity contribution in [3.63, 3.8) is 0 Å². The van der Waals surface area contributed by atoms with Gasteiger partial charge >= 0.3 is 0 Å². The molecule has 2 N–H and O–H groups in total. The largest absolute Gasteiger partial charge is 0.324 e. The molecule has 0 aliphatic carbocycles. The number of hydrogen-bond donors (Lipinski definition) is 1. The zero-order valence-corrected chi connectivity index (χ0v) is 8.87. The van der Waals surface area contributed by atoms with Crippen LogP contribution in [0.1, 0.15) is 15.9 Å². The summed E-state index contributed by atoms with van der Waals surface area (Å²) in [6.07, 6.45) is 0. The van der Waals surface area contributed by atoms with E-state index in [1.807, 2.05) is 0 Å². The van der Waals surface area contributed by atoms with Gasteiger partial charge in [0, 0.05) is 17.2 Å². The van der Waals surface area contributed by atoms with Crippen molar-refractivity contribution in [3.8, 4) is 0 Å². The molecule has 1 aromatic rings. The number of benzene rings is 1. The molecule has 0 saturated carbocycles. The maximum absolute atomic E-state index is 11.4. The highest BCUT2D eigenvalue weighted by molar-refractivity contribution is 6.00. The maximum atomic E-state index is 11.4. The molecule has 0 heterocycles. The molecule has 0 unspecified atom stereocenters. The summed E-state index contributed by atoms with van der Waals surface area (Å²) in [5, 5.41) is 21.3. The predicted molar refractivity (Wildman–Crippen MR) is 57.9 cm³/mol. The summed E-state index contributed by atoms with van der Waals surface area (Å²) in [5.41, 5.74) is 4.16. The van der Waals surface area contributed by atoms with Crippen molar-refractivity contribution < 1.29 is 14.6 Å². The molecular formula is C9H9N3O5. The number of carbonyl (C=O) groups excluding carboxylic acids is 1. The van der Waals surface area contributed by atoms with Crippen LogP contribution in [-0.4, -0.2) is 22.2 Å². The van der Waals surface area contributed by atoms with Gasteiger partial charge in [0.15, 0.2) is 5.78 Å². The van der Waals surface area contributed by atoms with Gasteiger partial charge in [-0.1, -0.05) is 0 Å². The van der Waals surface area contributed by atoms with Gasteiger partial charge in [0.05, 0.1) is 22.5 Å². The summed E-state index contributed by atoms with van der Waals surface area (Å²) < 4.78 is 0. The normalized spacial score (nSPS) is 10.0. The van der Waals surface area contributed by atoms with E-state index in [-0.39, 0.29) is 17.7 Å². The molecule has 8 heteroatoms. The van der Waals surface area contributed by atoms with E-state index in [0.717, 1.165) is 12.1 Å². The van der Waals surface area contributed by atoms with Crippen LogP contribution in [-0.2, 0) is 0 Å². The van der Waals surface area contributed by atoms with Crippen LogP contribution >= 0.6 is 0 Å². The lowest BCUT2D eigenvalue weighted by Crippen LogP contribution is -2.15. The second-order valence-electron chi connectivity index (χ2n) is 3.28. The Labute approximate surface area is 95.3 Å². The third kappa shape index (κ3) is 2.42. The molecule has 0 spiro atoms. The van der Waals surface area contributed by atoms with Gasteiger partial charge in [0.1, 0.15) is 0 Å². The molecule has 0 amide bonds. The Balaban J connectivity index is 3.54. The van der Waals surface area contributed by atoms with E-state index < -0.39 is 27.0 Å². The first-order valence-electron chi connectivity index (χ1n) is 4.55. The highest BCUT2D eigenvalue weighted by Gasteiger charge is 2.23. The van der Waals surface area contributed by atoms with Crippen LogP contribution in [0.15, 0.2) is 12.1 Å². The molecule has 0 fully saturated rings. The first-order chi connectivity index (χ1) is 7.88. The first kappa shape index (κ1) is 12.7. The molecule has 90 valence electrons. The predicted octanol–water partition coefficient (Wildman–Crippen LogP) is 0.953. The minimum Gasteiger partial charge on any atom is -0.324 e. The molecule has 1 aromatic carbocycles. The quantitative estimate of drug-likeness (QED) is 0.473. The topological polar surface area (TPSA) is 129 Å². The number of non-ortho nitro benzene ring substituents is 1. The number of nitrogens with two attached hydrogens (primary N) is 1. The minimum atomic E-state index is -0.792. The zero-order chi connectivity index (χ0) is 13.2. The van der Waals surface area contributed by atoms with Gasteiger partial charge in [-0.05, 0) is 6.92 Å². The third-order valence-electron chi connectivity index (χ3n) is 2.26. The van der Waals surface area contributed by atoms with Crippen molar-refractivity contribution in [3.05, 3.63) is 43.5 Å². The summed E-state index contributed by atoms with van der Waals surface area (Å²) in [6, 6.07) is 1.82. The third-order valence-corrected chi connectivity index (χ3v) is 2.26. The molecule has 17 heavy (non-hydrogen) atoms. The second kappa shape index (κ2) is 4.66. The molecule has 0 saturated heterocycles. The van der Waals surface area contributed by atoms with Crippen molar-refractivity contribution in [2.24, 2.45) is 5.73 Å². The van der Waals surface area contributed by atoms with Crippen LogP contribution in [0.4, 0.5) is 11.4 Å². The zero-order valence-electron chi connectivity index (χ0n) is 8.87. The van der Waals surface area contributed by atoms with E-state index in [2.05, 4.69) is 0 Å². The molecule has 0 aromatic heterocycles. The average Bonchev–Trinajstić information content (AvgIpc) is 2.27. The number of Topliss-reactive ketones (excluding diaryl/α,β-unsaturated/α-hetero) is 1. The molecule has 8 nitrogen and oxygen atoms in total. The Bertz CT molecular complexity index is 512. The Kier molecular flexibility index (Phi) is 3.49. The lowest BCUT2D eigenvalue weighted by atomic mass is 10.0. The van der Waals surface area contributed by atoms with Gasteiger partial charge in [-0.15, -0.1) is 0 Å². The fraction of sp³-hybridized carbons (Fsp3) is 0.222. The number of nitro groups is 2. The van der Waals surface area contributed by atoms with Crippen LogP contribution < -0.4 is 5.73 Å². The first-order valence-corrected chi connectivity index (χ1v) is 4.55. The van der Waals surface area contributed by atoms with Crippen LogP contribution in [0.25, 0.3) is 0 Å².